The third-order valence-corrected chi connectivity index (χ3v) is 3.14. The van der Waals surface area contributed by atoms with E-state index in [0.717, 1.165) is 0 Å². The van der Waals surface area contributed by atoms with E-state index in [0.29, 0.717) is 18.4 Å². The van der Waals surface area contributed by atoms with Gasteiger partial charge in [0, 0.05) is 18.8 Å². The van der Waals surface area contributed by atoms with Crippen molar-refractivity contribution in [1.82, 2.24) is 0 Å². The number of hydrogen-bond acceptors (Lipinski definition) is 4. The van der Waals surface area contributed by atoms with Gasteiger partial charge < -0.3 is 4.84 Å². The average Bonchev–Trinajstić information content (AvgIpc) is 2.50. The van der Waals surface area contributed by atoms with E-state index in [9.17, 15) is 14.0 Å². The van der Waals surface area contributed by atoms with Gasteiger partial charge in [-0.1, -0.05) is 31.1 Å². The molecule has 0 aromatic heterocycles. The number of hydrogen-bond donors (Lipinski definition) is 0. The average molecular weight is 292 g/mol. The first kappa shape index (κ1) is 17.0. The van der Waals surface area contributed by atoms with E-state index in [-0.39, 0.29) is 36.3 Å². The van der Waals surface area contributed by atoms with Crippen LogP contribution in [0.1, 0.15) is 38.7 Å². The molecule has 4 nitrogen and oxygen atoms in total. The Morgan fingerprint density at radius 1 is 1.29 bits per heavy atom. The van der Waals surface area contributed by atoms with Gasteiger partial charge in [-0.05, 0) is 24.1 Å². The van der Waals surface area contributed by atoms with Crippen molar-refractivity contribution in [2.24, 2.45) is 11.1 Å². The number of halogens is 1. The Kier molecular flexibility index (Phi) is 7.29. The summed E-state index contributed by atoms with van der Waals surface area (Å²) < 4.78 is 12.7. The number of ketones is 2. The lowest BCUT2D eigenvalue weighted by Crippen LogP contribution is -2.19. The molecular weight excluding hydrogens is 272 g/mol. The Labute approximate surface area is 124 Å². The van der Waals surface area contributed by atoms with Crippen LogP contribution in [0.3, 0.4) is 0 Å². The molecule has 1 aromatic carbocycles. The minimum absolute atomic E-state index is 0.0978. The molecule has 0 aliphatic carbocycles. The second kappa shape index (κ2) is 9.00. The molecular formula is C16H20FNO3. The van der Waals surface area contributed by atoms with E-state index >= 15 is 0 Å². The summed E-state index contributed by atoms with van der Waals surface area (Å²) in [5, 5.41) is 3.66. The minimum Gasteiger partial charge on any atom is -0.388 e. The van der Waals surface area contributed by atoms with Gasteiger partial charge in [-0.15, -0.1) is 0 Å². The van der Waals surface area contributed by atoms with Crippen LogP contribution >= 0.6 is 0 Å². The summed E-state index contributed by atoms with van der Waals surface area (Å²) in [6.45, 7) is 3.52. The highest BCUT2D eigenvalue weighted by atomic mass is 18.2. The molecule has 0 aliphatic rings. The van der Waals surface area contributed by atoms with Crippen molar-refractivity contribution < 1.29 is 18.8 Å². The van der Waals surface area contributed by atoms with Gasteiger partial charge in [-0.25, -0.2) is 4.39 Å². The molecule has 1 rings (SSSR count). The van der Waals surface area contributed by atoms with E-state index in [1.165, 1.54) is 18.3 Å². The number of benzene rings is 1. The second-order valence-electron chi connectivity index (χ2n) is 4.73. The lowest BCUT2D eigenvalue weighted by molar-refractivity contribution is -0.130. The van der Waals surface area contributed by atoms with Crippen LogP contribution in [0.5, 0.6) is 0 Å². The zero-order chi connectivity index (χ0) is 15.7. The van der Waals surface area contributed by atoms with Gasteiger partial charge in [-0.3, -0.25) is 9.59 Å². The van der Waals surface area contributed by atoms with Crippen LogP contribution in [-0.2, 0) is 14.4 Å². The largest absolute Gasteiger partial charge is 0.388 e. The van der Waals surface area contributed by atoms with Gasteiger partial charge >= 0.3 is 0 Å². The first-order valence-electron chi connectivity index (χ1n) is 7.02. The van der Waals surface area contributed by atoms with Crippen molar-refractivity contribution in [2.75, 3.05) is 6.61 Å². The third kappa shape index (κ3) is 6.29. The van der Waals surface area contributed by atoms with E-state index in [2.05, 4.69) is 5.16 Å². The maximum absolute atomic E-state index is 12.7. The second-order valence-corrected chi connectivity index (χ2v) is 4.73. The fourth-order valence-electron chi connectivity index (χ4n) is 1.86. The molecule has 0 heterocycles. The molecule has 0 saturated heterocycles. The molecule has 0 bridgehead atoms. The Bertz CT molecular complexity index is 497. The Morgan fingerprint density at radius 2 is 1.95 bits per heavy atom. The number of Topliss-reactive ketones (excluding diaryl/α,β-unsaturated/α-hetero) is 2. The maximum atomic E-state index is 12.7. The normalized spacial score (nSPS) is 12.3. The molecule has 114 valence electrons. The lowest BCUT2D eigenvalue weighted by Gasteiger charge is -2.10. The van der Waals surface area contributed by atoms with E-state index < -0.39 is 0 Å². The topological polar surface area (TPSA) is 55.7 Å². The maximum Gasteiger partial charge on any atom is 0.175 e. The fourth-order valence-corrected chi connectivity index (χ4v) is 1.86. The summed E-state index contributed by atoms with van der Waals surface area (Å²) in [7, 11) is 0. The van der Waals surface area contributed by atoms with Gasteiger partial charge in [0.05, 0.1) is 6.21 Å². The van der Waals surface area contributed by atoms with E-state index in [1.54, 1.807) is 19.1 Å². The molecule has 1 atom stereocenters. The minimum atomic E-state index is -0.325. The summed E-state index contributed by atoms with van der Waals surface area (Å²) in [5.74, 6) is -0.609. The van der Waals surface area contributed by atoms with Crippen LogP contribution in [-0.4, -0.2) is 24.4 Å². The SMILES string of the molecule is CCC(=O)C(CC)CC(=O)CO/N=C\c1ccc([18F])cc1. The van der Waals surface area contributed by atoms with Crippen molar-refractivity contribution in [3.63, 3.8) is 0 Å². The smallest absolute Gasteiger partial charge is 0.175 e. The fraction of sp³-hybridized carbons (Fsp3) is 0.438. The molecule has 1 aromatic rings. The van der Waals surface area contributed by atoms with Gasteiger partial charge in [0.1, 0.15) is 11.6 Å². The first-order chi connectivity index (χ1) is 10.1. The Hall–Kier alpha value is -2.04. The molecule has 0 spiro atoms. The van der Waals surface area contributed by atoms with Crippen molar-refractivity contribution in [2.45, 2.75) is 33.1 Å². The van der Waals surface area contributed by atoms with Crippen molar-refractivity contribution in [3.05, 3.63) is 35.6 Å². The van der Waals surface area contributed by atoms with Crippen molar-refractivity contribution >= 4 is 17.8 Å². The number of oxime groups is 1. The highest BCUT2D eigenvalue weighted by Gasteiger charge is 2.18. The molecule has 0 amide bonds. The molecule has 1 unspecified atom stereocenters. The molecule has 0 saturated carbocycles. The number of nitrogens with zero attached hydrogens (tertiary/aromatic N) is 1. The summed E-state index contributed by atoms with van der Waals surface area (Å²) in [4.78, 5) is 28.2. The van der Waals surface area contributed by atoms with Crippen LogP contribution in [0.25, 0.3) is 0 Å². The van der Waals surface area contributed by atoms with Crippen LogP contribution < -0.4 is 0 Å². The molecule has 0 fully saturated rings. The molecule has 0 radical (unpaired) electrons. The summed E-state index contributed by atoms with van der Waals surface area (Å²) >= 11 is 0. The van der Waals surface area contributed by atoms with Gasteiger partial charge in [0.15, 0.2) is 12.4 Å². The lowest BCUT2D eigenvalue weighted by atomic mass is 9.94. The van der Waals surface area contributed by atoms with E-state index in [1.807, 2.05) is 6.92 Å². The number of carbonyl (C=O) groups excluding carboxylic acids is 2. The molecule has 5 heteroatoms. The number of carbonyl (C=O) groups is 2. The van der Waals surface area contributed by atoms with Crippen LogP contribution in [0, 0.1) is 11.7 Å². The number of rotatable bonds is 9. The summed E-state index contributed by atoms with van der Waals surface area (Å²) in [6.07, 6.45) is 2.68. The third-order valence-electron chi connectivity index (χ3n) is 3.14. The van der Waals surface area contributed by atoms with Crippen LogP contribution in [0.15, 0.2) is 29.4 Å². The molecule has 0 aliphatic heterocycles. The Morgan fingerprint density at radius 3 is 2.52 bits per heavy atom. The Balaban J connectivity index is 2.36. The van der Waals surface area contributed by atoms with Gasteiger partial charge in [0.2, 0.25) is 0 Å². The van der Waals surface area contributed by atoms with Crippen LogP contribution in [0.2, 0.25) is 0 Å². The first-order valence-corrected chi connectivity index (χ1v) is 7.02. The van der Waals surface area contributed by atoms with Gasteiger partial charge in [-0.2, -0.15) is 0 Å². The standard InChI is InChI=1S/C16H20FNO3/c1-3-13(16(20)4-2)9-15(19)11-21-18-10-12-5-7-14(17)8-6-12/h5-8,10,13H,3-4,9,11H2,1-2H3/b18-10-/i17-1. The monoisotopic (exact) mass is 292 g/mol. The quantitative estimate of drug-likeness (QED) is 0.519. The van der Waals surface area contributed by atoms with E-state index in [4.69, 9.17) is 4.84 Å². The zero-order valence-electron chi connectivity index (χ0n) is 12.3. The zero-order valence-corrected chi connectivity index (χ0v) is 12.3. The van der Waals surface area contributed by atoms with Gasteiger partial charge in [0.25, 0.3) is 0 Å². The highest BCUT2D eigenvalue weighted by Crippen LogP contribution is 2.12. The molecule has 21 heavy (non-hydrogen) atoms. The summed E-state index contributed by atoms with van der Waals surface area (Å²) in [6, 6.07) is 5.73. The predicted molar refractivity (Wildman–Crippen MR) is 78.6 cm³/mol. The molecule has 0 N–H and O–H groups in total. The predicted octanol–water partition coefficient (Wildman–Crippen LogP) is 3.14. The summed E-state index contributed by atoms with van der Waals surface area (Å²) in [5.41, 5.74) is 0.677. The van der Waals surface area contributed by atoms with Crippen molar-refractivity contribution in [1.29, 1.82) is 0 Å². The van der Waals surface area contributed by atoms with Crippen LogP contribution in [0.4, 0.5) is 4.39 Å². The van der Waals surface area contributed by atoms with Crippen molar-refractivity contribution in [3.8, 4) is 0 Å². The highest BCUT2D eigenvalue weighted by molar-refractivity contribution is 5.88.